The summed E-state index contributed by atoms with van der Waals surface area (Å²) in [7, 11) is 0. The number of carbonyl (C=O) groups excluding carboxylic acids is 3. The lowest BCUT2D eigenvalue weighted by Crippen LogP contribution is -2.55. The van der Waals surface area contributed by atoms with E-state index >= 15 is 0 Å². The lowest BCUT2D eigenvalue weighted by Gasteiger charge is -2.46. The van der Waals surface area contributed by atoms with Gasteiger partial charge in [0, 0.05) is 68.7 Å². The van der Waals surface area contributed by atoms with Crippen LogP contribution in [0.15, 0.2) is 108 Å². The van der Waals surface area contributed by atoms with Gasteiger partial charge in [-0.3, -0.25) is 24.1 Å². The second-order valence-corrected chi connectivity index (χ2v) is 17.7. The molecule has 62 heavy (non-hydrogen) atoms. The number of phenols is 1. The second-order valence-electron chi connectivity index (χ2n) is 17.7. The predicted molar refractivity (Wildman–Crippen MR) is 235 cm³/mol. The first-order chi connectivity index (χ1) is 30.1. The Morgan fingerprint density at radius 2 is 1.47 bits per heavy atom. The van der Waals surface area contributed by atoms with Crippen LogP contribution in [0, 0.1) is 11.8 Å². The van der Waals surface area contributed by atoms with Gasteiger partial charge in [-0.2, -0.15) is 0 Å². The van der Waals surface area contributed by atoms with Crippen molar-refractivity contribution in [3.05, 3.63) is 147 Å². The van der Waals surface area contributed by atoms with Gasteiger partial charge < -0.3 is 35.1 Å². The molecule has 2 unspecified atom stereocenters. The Hall–Kier alpha value is -5.82. The van der Waals surface area contributed by atoms with Crippen molar-refractivity contribution in [3.63, 3.8) is 0 Å². The molecule has 0 spiro atoms. The van der Waals surface area contributed by atoms with Gasteiger partial charge in [-0.15, -0.1) is 0 Å². The maximum Gasteiger partial charge on any atom is 0.317 e. The molecular weight excluding hydrogens is 783 g/mol. The SMILES string of the molecule is O=C(c1ccc(CN(Cc2ccc(CNCC(O)c3ccc(O)c4[nH]c(=O)ccc34)cc2)C(=O)C2CC2)cc1)N1CCC(C(=O)OC2CN3CCC2CC3)(c2ccccc2)CC1. The number of benzene rings is 4. The third-order valence-corrected chi connectivity index (χ3v) is 13.6. The average Bonchev–Trinajstić information content (AvgIpc) is 4.16. The number of aromatic nitrogens is 1. The lowest BCUT2D eigenvalue weighted by molar-refractivity contribution is -0.168. The molecule has 0 radical (unpaired) electrons. The first-order valence-electron chi connectivity index (χ1n) is 22.1. The van der Waals surface area contributed by atoms with Crippen LogP contribution in [0.1, 0.15) is 82.8 Å². The summed E-state index contributed by atoms with van der Waals surface area (Å²) in [6.45, 7) is 5.53. The third-order valence-electron chi connectivity index (χ3n) is 13.6. The number of carbonyl (C=O) groups is 3. The molecule has 322 valence electrons. The number of aliphatic hydroxyl groups is 1. The predicted octanol–water partition coefficient (Wildman–Crippen LogP) is 5.81. The van der Waals surface area contributed by atoms with Gasteiger partial charge >= 0.3 is 5.97 Å². The Morgan fingerprint density at radius 1 is 0.806 bits per heavy atom. The Morgan fingerprint density at radius 3 is 2.11 bits per heavy atom. The van der Waals surface area contributed by atoms with E-state index in [-0.39, 0.29) is 47.7 Å². The normalized spacial score (nSPS) is 21.0. The number of amides is 2. The number of rotatable bonds is 14. The number of likely N-dealkylation sites (tertiary alicyclic amines) is 1. The Bertz CT molecular complexity index is 2450. The van der Waals surface area contributed by atoms with E-state index in [0.717, 1.165) is 67.6 Å². The van der Waals surface area contributed by atoms with Crippen molar-refractivity contribution < 1.29 is 29.3 Å². The van der Waals surface area contributed by atoms with Gasteiger partial charge in [0.2, 0.25) is 11.5 Å². The molecule has 5 aromatic rings. The van der Waals surface area contributed by atoms with Gasteiger partial charge in [-0.05, 0) is 110 Å². The van der Waals surface area contributed by atoms with E-state index < -0.39 is 11.5 Å². The summed E-state index contributed by atoms with van der Waals surface area (Å²) in [4.78, 5) is 62.0. The molecule has 10 rings (SSSR count). The number of nitrogens with one attached hydrogen (secondary N) is 2. The van der Waals surface area contributed by atoms with Crippen LogP contribution in [-0.2, 0) is 39.4 Å². The van der Waals surface area contributed by atoms with E-state index in [0.29, 0.717) is 73.5 Å². The molecule has 12 nitrogen and oxygen atoms in total. The van der Waals surface area contributed by atoms with Gasteiger partial charge in [0.25, 0.3) is 5.91 Å². The third kappa shape index (κ3) is 8.90. The van der Waals surface area contributed by atoms with Crippen molar-refractivity contribution in [2.75, 3.05) is 39.3 Å². The molecule has 2 atom stereocenters. The molecule has 5 heterocycles. The van der Waals surface area contributed by atoms with E-state index in [4.69, 9.17) is 4.74 Å². The van der Waals surface area contributed by atoms with E-state index in [2.05, 4.69) is 15.2 Å². The van der Waals surface area contributed by atoms with Crippen molar-refractivity contribution in [1.82, 2.24) is 25.0 Å². The molecule has 1 saturated carbocycles. The van der Waals surface area contributed by atoms with E-state index in [1.54, 1.807) is 12.1 Å². The number of H-pyrrole nitrogens is 1. The minimum atomic E-state index is -0.862. The fraction of sp³-hybridized carbons (Fsp3) is 0.400. The van der Waals surface area contributed by atoms with Crippen LogP contribution in [0.4, 0.5) is 0 Å². The lowest BCUT2D eigenvalue weighted by atomic mass is 9.72. The van der Waals surface area contributed by atoms with Gasteiger partial charge in [0.1, 0.15) is 11.9 Å². The number of pyridine rings is 1. The number of phenolic OH excluding ortho intramolecular Hbond substituents is 1. The van der Waals surface area contributed by atoms with Gasteiger partial charge in [-0.25, -0.2) is 0 Å². The maximum atomic E-state index is 14.1. The topological polar surface area (TPSA) is 156 Å². The zero-order chi connectivity index (χ0) is 42.8. The van der Waals surface area contributed by atoms with Gasteiger partial charge in [-0.1, -0.05) is 72.8 Å². The number of ether oxygens (including phenoxy) is 1. The van der Waals surface area contributed by atoms with Crippen LogP contribution >= 0.6 is 0 Å². The van der Waals surface area contributed by atoms with Gasteiger partial charge in [0.15, 0.2) is 0 Å². The highest BCUT2D eigenvalue weighted by Gasteiger charge is 2.47. The first kappa shape index (κ1) is 41.5. The van der Waals surface area contributed by atoms with Crippen LogP contribution in [0.3, 0.4) is 0 Å². The maximum absolute atomic E-state index is 14.1. The minimum absolute atomic E-state index is 0.0478. The van der Waals surface area contributed by atoms with E-state index in [9.17, 15) is 29.4 Å². The minimum Gasteiger partial charge on any atom is -0.506 e. The highest BCUT2D eigenvalue weighted by atomic mass is 16.5. The summed E-state index contributed by atoms with van der Waals surface area (Å²) in [6, 6.07) is 31.7. The summed E-state index contributed by atoms with van der Waals surface area (Å²) in [6.07, 6.45) is 4.02. The number of aromatic amines is 1. The molecule has 1 aliphatic carbocycles. The highest BCUT2D eigenvalue weighted by molar-refractivity contribution is 5.95. The molecule has 4 saturated heterocycles. The number of aliphatic hydroxyl groups excluding tert-OH is 1. The zero-order valence-electron chi connectivity index (χ0n) is 35.0. The molecule has 5 aliphatic rings. The molecule has 4 N–H and O–H groups in total. The van der Waals surface area contributed by atoms with E-state index in [1.165, 1.54) is 12.1 Å². The number of nitrogens with zero attached hydrogens (tertiary/aromatic N) is 3. The number of fused-ring (bicyclic) bond motifs is 4. The van der Waals surface area contributed by atoms with Crippen LogP contribution in [0.25, 0.3) is 10.9 Å². The van der Waals surface area contributed by atoms with Crippen LogP contribution in [-0.4, -0.2) is 93.1 Å². The largest absolute Gasteiger partial charge is 0.506 e. The summed E-state index contributed by atoms with van der Waals surface area (Å²) < 4.78 is 6.34. The molecule has 1 aromatic heterocycles. The first-order valence-corrected chi connectivity index (χ1v) is 22.1. The molecular formula is C50H55N5O7. The Labute approximate surface area is 361 Å². The fourth-order valence-electron chi connectivity index (χ4n) is 9.71. The monoisotopic (exact) mass is 837 g/mol. The molecule has 4 aliphatic heterocycles. The summed E-state index contributed by atoms with van der Waals surface area (Å²) in [5, 5.41) is 25.0. The number of aromatic hydroxyl groups is 1. The number of hydrogen-bond donors (Lipinski definition) is 4. The molecule has 2 amide bonds. The van der Waals surface area contributed by atoms with Crippen molar-refractivity contribution in [3.8, 4) is 5.75 Å². The average molecular weight is 838 g/mol. The van der Waals surface area contributed by atoms with Crippen LogP contribution in [0.5, 0.6) is 5.75 Å². The molecule has 5 fully saturated rings. The smallest absolute Gasteiger partial charge is 0.317 e. The van der Waals surface area contributed by atoms with Crippen LogP contribution < -0.4 is 10.9 Å². The second kappa shape index (κ2) is 17.9. The molecule has 12 heteroatoms. The Balaban J connectivity index is 0.796. The van der Waals surface area contributed by atoms with Crippen molar-refractivity contribution >= 4 is 28.7 Å². The number of piperidine rings is 4. The zero-order valence-corrected chi connectivity index (χ0v) is 35.0. The van der Waals surface area contributed by atoms with Crippen molar-refractivity contribution in [2.24, 2.45) is 11.8 Å². The number of hydrogen-bond acceptors (Lipinski definition) is 9. The van der Waals surface area contributed by atoms with Crippen molar-refractivity contribution in [2.45, 2.75) is 75.8 Å². The summed E-state index contributed by atoms with van der Waals surface area (Å²) >= 11 is 0. The van der Waals surface area contributed by atoms with Crippen LogP contribution in [0.2, 0.25) is 0 Å². The Kier molecular flexibility index (Phi) is 12.0. The number of esters is 1. The quantitative estimate of drug-likeness (QED) is 0.102. The summed E-state index contributed by atoms with van der Waals surface area (Å²) in [5.74, 6) is 0.332. The van der Waals surface area contributed by atoms with E-state index in [1.807, 2.05) is 88.7 Å². The van der Waals surface area contributed by atoms with Crippen molar-refractivity contribution in [1.29, 1.82) is 0 Å². The standard InChI is InChI=1S/C50H55N5O7/c56-42-18-16-40(41-17-19-45(58)52-46(41)42)43(57)29-51-28-33-6-8-34(9-7-33)30-55(48(60)38-14-15-38)31-35-10-12-37(13-11-35)47(59)54-26-22-50(23-27-54,39-4-2-1-3-5-39)49(61)62-44-32-53-24-20-36(44)21-25-53/h1-13,16-19,36,38,43-44,51,56-57H,14-15,20-32H2,(H,52,58). The summed E-state index contributed by atoms with van der Waals surface area (Å²) in [5.41, 5.74) is 4.29. The molecule has 2 bridgehead atoms. The fourth-order valence-corrected chi connectivity index (χ4v) is 9.71. The van der Waals surface area contributed by atoms with Gasteiger partial charge in [0.05, 0.1) is 17.0 Å². The molecule has 4 aromatic carbocycles. The highest BCUT2D eigenvalue weighted by Crippen LogP contribution is 2.40.